The standard InChI is InChI=1S/C6H14O7P/c1-12-14(10,11)6(9)2-4(8)5(3-7)13-6/h4-5,7-11H,2-3H2,1H3/q+1/t4-,5+,6-/m0/s1. The van der Waals surface area contributed by atoms with Gasteiger partial charge in [-0.15, -0.1) is 0 Å². The van der Waals surface area contributed by atoms with Crippen molar-refractivity contribution < 1.29 is 34.4 Å². The third-order valence-electron chi connectivity index (χ3n) is 2.13. The van der Waals surface area contributed by atoms with E-state index in [0.717, 1.165) is 7.11 Å². The Labute approximate surface area is 81.1 Å². The zero-order valence-corrected chi connectivity index (χ0v) is 8.46. The maximum absolute atomic E-state index is 9.62. The lowest BCUT2D eigenvalue weighted by Gasteiger charge is -2.23. The Morgan fingerprint density at radius 1 is 1.57 bits per heavy atom. The third kappa shape index (κ3) is 1.91. The van der Waals surface area contributed by atoms with Gasteiger partial charge in [0.15, 0.2) is 0 Å². The van der Waals surface area contributed by atoms with Gasteiger partial charge in [-0.3, -0.25) is 0 Å². The highest BCUT2D eigenvalue weighted by Crippen LogP contribution is 2.65. The number of aliphatic hydroxyl groups is 3. The summed E-state index contributed by atoms with van der Waals surface area (Å²) in [5, 5.41) is 27.6. The van der Waals surface area contributed by atoms with Crippen LogP contribution in [0.25, 0.3) is 0 Å². The van der Waals surface area contributed by atoms with Gasteiger partial charge in [-0.1, -0.05) is 0 Å². The fourth-order valence-corrected chi connectivity index (χ4v) is 2.25. The normalized spacial score (nSPS) is 39.0. The first-order chi connectivity index (χ1) is 6.36. The predicted molar refractivity (Wildman–Crippen MR) is 45.9 cm³/mol. The Morgan fingerprint density at radius 3 is 2.50 bits per heavy atom. The molecule has 0 spiro atoms. The van der Waals surface area contributed by atoms with E-state index in [9.17, 15) is 20.0 Å². The first-order valence-corrected chi connectivity index (χ1v) is 5.57. The third-order valence-corrected chi connectivity index (χ3v) is 3.84. The number of hydrogen-bond donors (Lipinski definition) is 5. The molecule has 5 N–H and O–H groups in total. The summed E-state index contributed by atoms with van der Waals surface area (Å²) in [6.45, 7) is -0.521. The highest BCUT2D eigenvalue weighted by atomic mass is 31.2. The van der Waals surface area contributed by atoms with Crippen LogP contribution in [0.15, 0.2) is 0 Å². The lowest BCUT2D eigenvalue weighted by Crippen LogP contribution is -2.33. The second kappa shape index (κ2) is 3.96. The van der Waals surface area contributed by atoms with Crippen molar-refractivity contribution in [3.8, 4) is 0 Å². The van der Waals surface area contributed by atoms with E-state index in [-0.39, 0.29) is 0 Å². The van der Waals surface area contributed by atoms with E-state index in [2.05, 4.69) is 4.52 Å². The predicted octanol–water partition coefficient (Wildman–Crippen LogP) is -1.83. The number of rotatable bonds is 3. The molecule has 0 aromatic heterocycles. The molecule has 3 atom stereocenters. The monoisotopic (exact) mass is 229 g/mol. The van der Waals surface area contributed by atoms with Crippen molar-refractivity contribution >= 4 is 7.94 Å². The summed E-state index contributed by atoms with van der Waals surface area (Å²) in [4.78, 5) is 18.6. The van der Waals surface area contributed by atoms with Crippen molar-refractivity contribution in [2.75, 3.05) is 13.7 Å². The summed E-state index contributed by atoms with van der Waals surface area (Å²) >= 11 is 0. The minimum atomic E-state index is -4.11. The van der Waals surface area contributed by atoms with Crippen molar-refractivity contribution in [3.05, 3.63) is 0 Å². The maximum Gasteiger partial charge on any atom is 0.471 e. The van der Waals surface area contributed by atoms with Gasteiger partial charge in [-0.2, -0.15) is 14.3 Å². The van der Waals surface area contributed by atoms with E-state index in [4.69, 9.17) is 9.84 Å². The van der Waals surface area contributed by atoms with Gasteiger partial charge in [0, 0.05) is 0 Å². The summed E-state index contributed by atoms with van der Waals surface area (Å²) in [6.07, 6.45) is -2.60. The van der Waals surface area contributed by atoms with E-state index in [1.165, 1.54) is 0 Å². The summed E-state index contributed by atoms with van der Waals surface area (Å²) in [5.41, 5.74) is -2.32. The van der Waals surface area contributed by atoms with Gasteiger partial charge in [0.25, 0.3) is 0 Å². The van der Waals surface area contributed by atoms with Gasteiger partial charge >= 0.3 is 13.5 Å². The number of aliphatic hydroxyl groups excluding tert-OH is 2. The second-order valence-electron chi connectivity index (χ2n) is 3.08. The molecule has 0 aromatic carbocycles. The van der Waals surface area contributed by atoms with Crippen molar-refractivity contribution in [1.29, 1.82) is 0 Å². The highest BCUT2D eigenvalue weighted by molar-refractivity contribution is 7.60. The van der Waals surface area contributed by atoms with Gasteiger partial charge < -0.3 is 20.1 Å². The Morgan fingerprint density at radius 2 is 2.14 bits per heavy atom. The lowest BCUT2D eigenvalue weighted by atomic mass is 10.2. The van der Waals surface area contributed by atoms with Crippen molar-refractivity contribution in [2.45, 2.75) is 24.2 Å². The van der Waals surface area contributed by atoms with Crippen LogP contribution in [0, 0.1) is 0 Å². The minimum Gasteiger partial charge on any atom is -0.394 e. The van der Waals surface area contributed by atoms with Crippen LogP contribution in [0.3, 0.4) is 0 Å². The summed E-state index contributed by atoms with van der Waals surface area (Å²) in [7, 11) is -3.10. The van der Waals surface area contributed by atoms with E-state index >= 15 is 0 Å². The van der Waals surface area contributed by atoms with E-state index in [0.29, 0.717) is 0 Å². The molecule has 0 radical (unpaired) electrons. The van der Waals surface area contributed by atoms with E-state index < -0.39 is 38.7 Å². The molecule has 0 aliphatic carbocycles. The lowest BCUT2D eigenvalue weighted by molar-refractivity contribution is -0.158. The molecule has 0 saturated carbocycles. The molecule has 1 saturated heterocycles. The largest absolute Gasteiger partial charge is 0.471 e. The van der Waals surface area contributed by atoms with Gasteiger partial charge in [-0.05, 0) is 0 Å². The quantitative estimate of drug-likeness (QED) is 0.361. The van der Waals surface area contributed by atoms with Crippen LogP contribution in [-0.4, -0.2) is 56.6 Å². The molecular formula is C6H14O7P+. The van der Waals surface area contributed by atoms with Crippen LogP contribution in [0.5, 0.6) is 0 Å². The SMILES string of the molecule is CO[P+](O)(O)[C@]1(O)C[C@H](O)[C@@H](CO)O1. The van der Waals surface area contributed by atoms with E-state index in [1.807, 2.05) is 0 Å². The molecule has 14 heavy (non-hydrogen) atoms. The van der Waals surface area contributed by atoms with Crippen LogP contribution in [0.1, 0.15) is 6.42 Å². The Bertz CT molecular complexity index is 210. The summed E-state index contributed by atoms with van der Waals surface area (Å²) in [5.74, 6) is 0. The van der Waals surface area contributed by atoms with Gasteiger partial charge in [0.05, 0.1) is 26.2 Å². The molecule has 1 rings (SSSR count). The Hall–Kier alpha value is 0.150. The minimum absolute atomic E-state index is 0.410. The molecule has 1 aliphatic heterocycles. The maximum atomic E-state index is 9.62. The molecule has 7 nitrogen and oxygen atoms in total. The fraction of sp³-hybridized carbons (Fsp3) is 1.00. The smallest absolute Gasteiger partial charge is 0.394 e. The molecule has 0 aromatic rings. The topological polar surface area (TPSA) is 120 Å². The molecule has 0 amide bonds. The molecule has 0 bridgehead atoms. The van der Waals surface area contributed by atoms with Crippen LogP contribution in [0.2, 0.25) is 0 Å². The average Bonchev–Trinajstić information content (AvgIpc) is 2.43. The zero-order valence-electron chi connectivity index (χ0n) is 7.57. The van der Waals surface area contributed by atoms with Crippen LogP contribution in [-0.2, 0) is 9.26 Å². The van der Waals surface area contributed by atoms with Crippen molar-refractivity contribution in [2.24, 2.45) is 0 Å². The highest BCUT2D eigenvalue weighted by Gasteiger charge is 2.67. The molecule has 1 fully saturated rings. The average molecular weight is 229 g/mol. The van der Waals surface area contributed by atoms with Crippen molar-refractivity contribution in [3.63, 3.8) is 0 Å². The number of ether oxygens (including phenoxy) is 1. The van der Waals surface area contributed by atoms with Gasteiger partial charge in [0.1, 0.15) is 6.10 Å². The fourth-order valence-electron chi connectivity index (χ4n) is 1.26. The molecule has 1 aliphatic rings. The Kier molecular flexibility index (Phi) is 3.45. The van der Waals surface area contributed by atoms with E-state index in [1.54, 1.807) is 0 Å². The molecule has 84 valence electrons. The summed E-state index contributed by atoms with van der Waals surface area (Å²) in [6, 6.07) is 0. The van der Waals surface area contributed by atoms with Crippen molar-refractivity contribution in [1.82, 2.24) is 0 Å². The Balaban J connectivity index is 2.79. The second-order valence-corrected chi connectivity index (χ2v) is 5.23. The van der Waals surface area contributed by atoms with Gasteiger partial charge in [0.2, 0.25) is 0 Å². The first-order valence-electron chi connectivity index (χ1n) is 3.96. The summed E-state index contributed by atoms with van der Waals surface area (Å²) < 4.78 is 9.07. The number of hydrogen-bond acceptors (Lipinski definition) is 7. The van der Waals surface area contributed by atoms with Crippen LogP contribution >= 0.6 is 7.94 Å². The molecular weight excluding hydrogens is 215 g/mol. The first kappa shape index (κ1) is 12.2. The molecule has 0 unspecified atom stereocenters. The van der Waals surface area contributed by atoms with Gasteiger partial charge in [-0.25, -0.2) is 0 Å². The van der Waals surface area contributed by atoms with Crippen LogP contribution in [0.4, 0.5) is 0 Å². The van der Waals surface area contributed by atoms with Crippen LogP contribution < -0.4 is 0 Å². The molecule has 8 heteroatoms. The molecule has 1 heterocycles. The zero-order chi connectivity index (χ0) is 11.0.